The molecule has 2 atom stereocenters. The Morgan fingerprint density at radius 1 is 0.762 bits per heavy atom. The molecular formula is C15H30N4S2. The standard InChI is InChI=1S/C15H30N4S2/c16-14(17)20-10-8-12-4-1-2-5-13(7-3-6-12)9-11-21-15(18)19/h12-13H,1-11H2,(H3,16,17)(H3,18,19). The molecule has 0 aromatic carbocycles. The Morgan fingerprint density at radius 3 is 1.52 bits per heavy atom. The van der Waals surface area contributed by atoms with Crippen LogP contribution in [0.3, 0.4) is 0 Å². The van der Waals surface area contributed by atoms with Crippen molar-refractivity contribution in [3.8, 4) is 0 Å². The van der Waals surface area contributed by atoms with Crippen LogP contribution in [0.15, 0.2) is 0 Å². The van der Waals surface area contributed by atoms with E-state index in [4.69, 9.17) is 22.3 Å². The van der Waals surface area contributed by atoms with Gasteiger partial charge >= 0.3 is 0 Å². The minimum absolute atomic E-state index is 0.251. The first-order valence-corrected chi connectivity index (χ1v) is 9.98. The van der Waals surface area contributed by atoms with Crippen LogP contribution in [0.5, 0.6) is 0 Å². The molecule has 0 aromatic heterocycles. The van der Waals surface area contributed by atoms with Crippen molar-refractivity contribution in [2.24, 2.45) is 23.3 Å². The molecule has 0 amide bonds. The van der Waals surface area contributed by atoms with Gasteiger partial charge in [-0.15, -0.1) is 0 Å². The van der Waals surface area contributed by atoms with Crippen LogP contribution in [0.1, 0.15) is 57.8 Å². The highest BCUT2D eigenvalue weighted by Gasteiger charge is 2.15. The van der Waals surface area contributed by atoms with E-state index in [0.717, 1.165) is 23.3 Å². The van der Waals surface area contributed by atoms with Crippen molar-refractivity contribution in [1.82, 2.24) is 0 Å². The predicted molar refractivity (Wildman–Crippen MR) is 97.3 cm³/mol. The maximum Gasteiger partial charge on any atom is 0.151 e. The molecule has 1 aliphatic carbocycles. The summed E-state index contributed by atoms with van der Waals surface area (Å²) in [6.07, 6.45) is 11.7. The Morgan fingerprint density at radius 2 is 1.14 bits per heavy atom. The van der Waals surface area contributed by atoms with Gasteiger partial charge in [0.05, 0.1) is 0 Å². The minimum Gasteiger partial charge on any atom is -0.379 e. The molecule has 1 saturated carbocycles. The van der Waals surface area contributed by atoms with Gasteiger partial charge in [0.25, 0.3) is 0 Å². The molecule has 4 nitrogen and oxygen atoms in total. The van der Waals surface area contributed by atoms with E-state index in [1.165, 1.54) is 81.3 Å². The van der Waals surface area contributed by atoms with Gasteiger partial charge < -0.3 is 11.5 Å². The zero-order valence-electron chi connectivity index (χ0n) is 12.9. The van der Waals surface area contributed by atoms with E-state index >= 15 is 0 Å². The van der Waals surface area contributed by atoms with Crippen molar-refractivity contribution >= 4 is 33.9 Å². The van der Waals surface area contributed by atoms with Crippen LogP contribution in [-0.4, -0.2) is 21.8 Å². The van der Waals surface area contributed by atoms with E-state index < -0.39 is 0 Å². The second-order valence-electron chi connectivity index (χ2n) is 5.95. The molecule has 1 fully saturated rings. The average Bonchev–Trinajstić information content (AvgIpc) is 2.51. The van der Waals surface area contributed by atoms with E-state index in [9.17, 15) is 0 Å². The van der Waals surface area contributed by atoms with E-state index in [1.54, 1.807) is 0 Å². The van der Waals surface area contributed by atoms with Gasteiger partial charge in [0.2, 0.25) is 0 Å². The largest absolute Gasteiger partial charge is 0.379 e. The third kappa shape index (κ3) is 10.1. The Labute approximate surface area is 137 Å². The average molecular weight is 331 g/mol. The summed E-state index contributed by atoms with van der Waals surface area (Å²) in [7, 11) is 0. The minimum atomic E-state index is 0.251. The van der Waals surface area contributed by atoms with Gasteiger partial charge in [-0.25, -0.2) is 0 Å². The molecule has 0 aliphatic heterocycles. The van der Waals surface area contributed by atoms with Crippen LogP contribution in [0.4, 0.5) is 0 Å². The number of amidine groups is 2. The van der Waals surface area contributed by atoms with Crippen LogP contribution < -0.4 is 11.5 Å². The first-order valence-electron chi connectivity index (χ1n) is 8.01. The van der Waals surface area contributed by atoms with Crippen LogP contribution in [0, 0.1) is 22.7 Å². The summed E-state index contributed by atoms with van der Waals surface area (Å²) in [4.78, 5) is 0. The summed E-state index contributed by atoms with van der Waals surface area (Å²) in [5, 5.41) is 15.0. The van der Waals surface area contributed by atoms with Gasteiger partial charge in [-0.3, -0.25) is 10.8 Å². The normalized spacial score (nSPS) is 23.8. The molecular weight excluding hydrogens is 300 g/mol. The van der Waals surface area contributed by atoms with Crippen molar-refractivity contribution in [3.05, 3.63) is 0 Å². The number of thioether (sulfide) groups is 2. The van der Waals surface area contributed by atoms with Gasteiger partial charge in [0, 0.05) is 11.5 Å². The van der Waals surface area contributed by atoms with Gasteiger partial charge in [-0.1, -0.05) is 68.5 Å². The summed E-state index contributed by atoms with van der Waals surface area (Å²) < 4.78 is 0. The smallest absolute Gasteiger partial charge is 0.151 e. The number of hydrogen-bond donors (Lipinski definition) is 4. The fourth-order valence-electron chi connectivity index (χ4n) is 3.10. The number of hydrogen-bond acceptors (Lipinski definition) is 4. The van der Waals surface area contributed by atoms with Crippen molar-refractivity contribution < 1.29 is 0 Å². The van der Waals surface area contributed by atoms with Gasteiger partial charge in [0.15, 0.2) is 10.3 Å². The molecule has 1 aliphatic rings. The SMILES string of the molecule is N=C(N)SCCC1CCCCC(CCSC(=N)N)CCC1. The van der Waals surface area contributed by atoms with Crippen molar-refractivity contribution in [1.29, 1.82) is 10.8 Å². The molecule has 21 heavy (non-hydrogen) atoms. The summed E-state index contributed by atoms with van der Waals surface area (Å²) in [6.45, 7) is 0. The van der Waals surface area contributed by atoms with Crippen LogP contribution in [0.25, 0.3) is 0 Å². The molecule has 6 heteroatoms. The molecule has 1 rings (SSSR count). The summed E-state index contributed by atoms with van der Waals surface area (Å²) in [5.41, 5.74) is 10.8. The molecule has 0 radical (unpaired) electrons. The number of rotatable bonds is 6. The molecule has 6 N–H and O–H groups in total. The molecule has 0 heterocycles. The lowest BCUT2D eigenvalue weighted by molar-refractivity contribution is 0.400. The van der Waals surface area contributed by atoms with Crippen LogP contribution in [0.2, 0.25) is 0 Å². The van der Waals surface area contributed by atoms with Crippen LogP contribution in [-0.2, 0) is 0 Å². The Balaban J connectivity index is 2.23. The molecule has 0 aromatic rings. The van der Waals surface area contributed by atoms with E-state index in [1.807, 2.05) is 0 Å². The first kappa shape index (κ1) is 18.7. The van der Waals surface area contributed by atoms with Crippen molar-refractivity contribution in [2.75, 3.05) is 11.5 Å². The zero-order chi connectivity index (χ0) is 15.5. The number of nitrogens with two attached hydrogens (primary N) is 2. The monoisotopic (exact) mass is 330 g/mol. The molecule has 0 saturated heterocycles. The van der Waals surface area contributed by atoms with E-state index in [2.05, 4.69) is 0 Å². The second kappa shape index (κ2) is 11.2. The lowest BCUT2D eigenvalue weighted by Crippen LogP contribution is -2.08. The Kier molecular flexibility index (Phi) is 10.0. The molecule has 2 unspecified atom stereocenters. The molecule has 122 valence electrons. The van der Waals surface area contributed by atoms with Crippen molar-refractivity contribution in [2.45, 2.75) is 57.8 Å². The highest BCUT2D eigenvalue weighted by Crippen LogP contribution is 2.29. The van der Waals surface area contributed by atoms with Crippen LogP contribution >= 0.6 is 23.5 Å². The van der Waals surface area contributed by atoms with Crippen molar-refractivity contribution in [3.63, 3.8) is 0 Å². The summed E-state index contributed by atoms with van der Waals surface area (Å²) >= 11 is 2.97. The number of nitrogens with one attached hydrogen (secondary N) is 2. The van der Waals surface area contributed by atoms with Gasteiger partial charge in [-0.05, 0) is 24.7 Å². The molecule has 0 spiro atoms. The lowest BCUT2D eigenvalue weighted by Gasteiger charge is -2.16. The zero-order valence-corrected chi connectivity index (χ0v) is 14.5. The topological polar surface area (TPSA) is 99.7 Å². The molecule has 0 bridgehead atoms. The maximum atomic E-state index is 7.26. The highest BCUT2D eigenvalue weighted by molar-refractivity contribution is 8.13. The third-order valence-electron chi connectivity index (χ3n) is 4.27. The fourth-order valence-corrected chi connectivity index (χ4v) is 4.44. The van der Waals surface area contributed by atoms with Gasteiger partial charge in [-0.2, -0.15) is 0 Å². The second-order valence-corrected chi connectivity index (χ2v) is 8.22. The summed E-state index contributed by atoms with van der Waals surface area (Å²) in [6, 6.07) is 0. The first-order chi connectivity index (χ1) is 10.1. The van der Waals surface area contributed by atoms with Gasteiger partial charge in [0.1, 0.15) is 0 Å². The fraction of sp³-hybridized carbons (Fsp3) is 0.867. The highest BCUT2D eigenvalue weighted by atomic mass is 32.2. The third-order valence-corrected chi connectivity index (χ3v) is 5.77. The lowest BCUT2D eigenvalue weighted by atomic mass is 9.93. The Hall–Kier alpha value is -0.360. The van der Waals surface area contributed by atoms with E-state index in [-0.39, 0.29) is 10.3 Å². The predicted octanol–water partition coefficient (Wildman–Crippen LogP) is 4.00. The van der Waals surface area contributed by atoms with E-state index in [0.29, 0.717) is 0 Å². The Bertz CT molecular complexity index is 293. The summed E-state index contributed by atoms with van der Waals surface area (Å²) in [5.74, 6) is 3.64. The maximum absolute atomic E-state index is 7.26. The quantitative estimate of drug-likeness (QED) is 0.437.